The SMILES string of the molecule is CNC1CCC(Nc2nc(C)cnc2C)CC1. The monoisotopic (exact) mass is 234 g/mol. The van der Waals surface area contributed by atoms with E-state index < -0.39 is 0 Å². The second-order valence-corrected chi connectivity index (χ2v) is 4.93. The van der Waals surface area contributed by atoms with Crippen LogP contribution in [0, 0.1) is 13.8 Å². The van der Waals surface area contributed by atoms with E-state index in [9.17, 15) is 0 Å². The van der Waals surface area contributed by atoms with Gasteiger partial charge in [0, 0.05) is 18.3 Å². The quantitative estimate of drug-likeness (QED) is 0.840. The van der Waals surface area contributed by atoms with Crippen molar-refractivity contribution < 1.29 is 0 Å². The van der Waals surface area contributed by atoms with Crippen LogP contribution < -0.4 is 10.6 Å². The lowest BCUT2D eigenvalue weighted by molar-refractivity contribution is 0.371. The molecular formula is C13H22N4. The molecule has 1 saturated carbocycles. The van der Waals surface area contributed by atoms with Crippen LogP contribution in [0.4, 0.5) is 5.82 Å². The lowest BCUT2D eigenvalue weighted by Crippen LogP contribution is -2.35. The van der Waals surface area contributed by atoms with Crippen LogP contribution in [0.5, 0.6) is 0 Å². The molecule has 1 aromatic heterocycles. The number of anilines is 1. The maximum Gasteiger partial charge on any atom is 0.147 e. The molecule has 0 spiro atoms. The maximum absolute atomic E-state index is 4.52. The first kappa shape index (κ1) is 12.3. The third-order valence-corrected chi connectivity index (χ3v) is 3.55. The van der Waals surface area contributed by atoms with E-state index in [1.165, 1.54) is 25.7 Å². The highest BCUT2D eigenvalue weighted by Crippen LogP contribution is 2.22. The molecule has 0 bridgehead atoms. The van der Waals surface area contributed by atoms with Crippen LogP contribution in [0.3, 0.4) is 0 Å². The highest BCUT2D eigenvalue weighted by atomic mass is 15.0. The van der Waals surface area contributed by atoms with Crippen molar-refractivity contribution in [2.45, 2.75) is 51.6 Å². The molecule has 4 nitrogen and oxygen atoms in total. The third-order valence-electron chi connectivity index (χ3n) is 3.55. The van der Waals surface area contributed by atoms with E-state index in [1.807, 2.05) is 20.0 Å². The fourth-order valence-corrected chi connectivity index (χ4v) is 2.39. The van der Waals surface area contributed by atoms with Gasteiger partial charge in [-0.3, -0.25) is 4.98 Å². The standard InChI is InChI=1S/C13H22N4/c1-9-8-15-10(2)13(16-9)17-12-6-4-11(14-3)5-7-12/h8,11-12,14H,4-7H2,1-3H3,(H,16,17). The van der Waals surface area contributed by atoms with Crippen molar-refractivity contribution in [2.24, 2.45) is 0 Å². The number of aromatic nitrogens is 2. The molecule has 0 amide bonds. The molecule has 4 heteroatoms. The Morgan fingerprint density at radius 1 is 1.12 bits per heavy atom. The smallest absolute Gasteiger partial charge is 0.147 e. The van der Waals surface area contributed by atoms with Gasteiger partial charge in [0.1, 0.15) is 5.82 Å². The second kappa shape index (κ2) is 5.45. The molecule has 17 heavy (non-hydrogen) atoms. The first-order chi connectivity index (χ1) is 8.19. The fourth-order valence-electron chi connectivity index (χ4n) is 2.39. The van der Waals surface area contributed by atoms with Crippen molar-refractivity contribution in [3.8, 4) is 0 Å². The average molecular weight is 234 g/mol. The Morgan fingerprint density at radius 3 is 2.41 bits per heavy atom. The minimum Gasteiger partial charge on any atom is -0.366 e. The third kappa shape index (κ3) is 3.16. The minimum atomic E-state index is 0.550. The highest BCUT2D eigenvalue weighted by Gasteiger charge is 2.20. The Kier molecular flexibility index (Phi) is 3.94. The number of hydrogen-bond donors (Lipinski definition) is 2. The molecule has 2 N–H and O–H groups in total. The minimum absolute atomic E-state index is 0.550. The average Bonchev–Trinajstić information content (AvgIpc) is 2.35. The molecule has 0 aromatic carbocycles. The van der Waals surface area contributed by atoms with Crippen molar-refractivity contribution in [1.82, 2.24) is 15.3 Å². The molecular weight excluding hydrogens is 212 g/mol. The predicted octanol–water partition coefficient (Wildman–Crippen LogP) is 2.04. The van der Waals surface area contributed by atoms with E-state index in [2.05, 4.69) is 27.6 Å². The molecule has 1 aliphatic carbocycles. The summed E-state index contributed by atoms with van der Waals surface area (Å²) in [5.74, 6) is 0.956. The van der Waals surface area contributed by atoms with E-state index in [4.69, 9.17) is 0 Å². The maximum atomic E-state index is 4.52. The van der Waals surface area contributed by atoms with Crippen LogP contribution in [-0.4, -0.2) is 29.1 Å². The zero-order valence-corrected chi connectivity index (χ0v) is 11.0. The Bertz CT molecular complexity index is 370. The second-order valence-electron chi connectivity index (χ2n) is 4.93. The molecule has 1 fully saturated rings. The van der Waals surface area contributed by atoms with Crippen molar-refractivity contribution in [3.05, 3.63) is 17.6 Å². The van der Waals surface area contributed by atoms with E-state index >= 15 is 0 Å². The van der Waals surface area contributed by atoms with Gasteiger partial charge in [-0.1, -0.05) is 0 Å². The van der Waals surface area contributed by atoms with Crippen LogP contribution in [-0.2, 0) is 0 Å². The Labute approximate surface area is 103 Å². The molecule has 0 saturated heterocycles. The number of rotatable bonds is 3. The fraction of sp³-hybridized carbons (Fsp3) is 0.692. The summed E-state index contributed by atoms with van der Waals surface area (Å²) in [6.07, 6.45) is 6.72. The van der Waals surface area contributed by atoms with Crippen molar-refractivity contribution in [2.75, 3.05) is 12.4 Å². The summed E-state index contributed by atoms with van der Waals surface area (Å²) in [6, 6.07) is 1.24. The number of nitrogens with one attached hydrogen (secondary N) is 2. The molecule has 1 aliphatic rings. The first-order valence-corrected chi connectivity index (χ1v) is 6.43. The normalized spacial score (nSPS) is 24.6. The topological polar surface area (TPSA) is 49.8 Å². The predicted molar refractivity (Wildman–Crippen MR) is 70.2 cm³/mol. The van der Waals surface area contributed by atoms with Gasteiger partial charge in [0.25, 0.3) is 0 Å². The van der Waals surface area contributed by atoms with E-state index in [1.54, 1.807) is 0 Å². The van der Waals surface area contributed by atoms with Gasteiger partial charge in [-0.25, -0.2) is 4.98 Å². The molecule has 94 valence electrons. The molecule has 0 unspecified atom stereocenters. The van der Waals surface area contributed by atoms with Gasteiger partial charge in [0.2, 0.25) is 0 Å². The van der Waals surface area contributed by atoms with Crippen molar-refractivity contribution in [3.63, 3.8) is 0 Å². The molecule has 2 rings (SSSR count). The zero-order valence-electron chi connectivity index (χ0n) is 11.0. The zero-order chi connectivity index (χ0) is 12.3. The van der Waals surface area contributed by atoms with Crippen molar-refractivity contribution in [1.29, 1.82) is 0 Å². The van der Waals surface area contributed by atoms with Gasteiger partial charge >= 0.3 is 0 Å². The summed E-state index contributed by atoms with van der Waals surface area (Å²) in [7, 11) is 2.05. The molecule has 0 atom stereocenters. The summed E-state index contributed by atoms with van der Waals surface area (Å²) >= 11 is 0. The Morgan fingerprint density at radius 2 is 1.76 bits per heavy atom. The van der Waals surface area contributed by atoms with Crippen LogP contribution in [0.15, 0.2) is 6.20 Å². The molecule has 0 radical (unpaired) electrons. The number of nitrogens with zero attached hydrogens (tertiary/aromatic N) is 2. The van der Waals surface area contributed by atoms with Crippen LogP contribution in [0.2, 0.25) is 0 Å². The Hall–Kier alpha value is -1.16. The summed E-state index contributed by atoms with van der Waals surface area (Å²) in [5, 5.41) is 6.89. The van der Waals surface area contributed by atoms with E-state index in [-0.39, 0.29) is 0 Å². The van der Waals surface area contributed by atoms with E-state index in [0.717, 1.165) is 17.2 Å². The van der Waals surface area contributed by atoms with Gasteiger partial charge in [-0.15, -0.1) is 0 Å². The van der Waals surface area contributed by atoms with Gasteiger partial charge in [0.15, 0.2) is 0 Å². The highest BCUT2D eigenvalue weighted by molar-refractivity contribution is 5.40. The molecule has 1 heterocycles. The van der Waals surface area contributed by atoms with Crippen LogP contribution in [0.25, 0.3) is 0 Å². The molecule has 0 aliphatic heterocycles. The van der Waals surface area contributed by atoms with Gasteiger partial charge in [-0.05, 0) is 46.6 Å². The van der Waals surface area contributed by atoms with Gasteiger partial charge in [0.05, 0.1) is 11.4 Å². The lowest BCUT2D eigenvalue weighted by atomic mass is 9.91. The van der Waals surface area contributed by atoms with E-state index in [0.29, 0.717) is 12.1 Å². The largest absolute Gasteiger partial charge is 0.366 e. The number of hydrogen-bond acceptors (Lipinski definition) is 4. The van der Waals surface area contributed by atoms with Crippen molar-refractivity contribution >= 4 is 5.82 Å². The van der Waals surface area contributed by atoms with Gasteiger partial charge < -0.3 is 10.6 Å². The summed E-state index contributed by atoms with van der Waals surface area (Å²) in [5.41, 5.74) is 1.97. The van der Waals surface area contributed by atoms with Crippen LogP contribution in [0.1, 0.15) is 37.1 Å². The number of aryl methyl sites for hydroxylation is 2. The van der Waals surface area contributed by atoms with Gasteiger partial charge in [-0.2, -0.15) is 0 Å². The lowest BCUT2D eigenvalue weighted by Gasteiger charge is -2.29. The summed E-state index contributed by atoms with van der Waals surface area (Å²) in [4.78, 5) is 8.85. The molecule has 1 aromatic rings. The summed E-state index contributed by atoms with van der Waals surface area (Å²) < 4.78 is 0. The Balaban J connectivity index is 1.95. The summed E-state index contributed by atoms with van der Waals surface area (Å²) in [6.45, 7) is 3.99. The first-order valence-electron chi connectivity index (χ1n) is 6.43. The van der Waals surface area contributed by atoms with Crippen LogP contribution >= 0.6 is 0 Å².